The fourth-order valence-corrected chi connectivity index (χ4v) is 4.72. The predicted molar refractivity (Wildman–Crippen MR) is 81.7 cm³/mol. The lowest BCUT2D eigenvalue weighted by Crippen LogP contribution is -2.63. The Morgan fingerprint density at radius 3 is 2.79 bits per heavy atom. The van der Waals surface area contributed by atoms with Gasteiger partial charge in [-0.1, -0.05) is 19.3 Å². The molecule has 2 heterocycles. The molecule has 1 N–H and O–H groups in total. The Morgan fingerprint density at radius 1 is 1.32 bits per heavy atom. The average molecular weight is 343 g/mol. The third-order valence-corrected chi connectivity index (χ3v) is 5.96. The summed E-state index contributed by atoms with van der Waals surface area (Å²) >= 11 is 4.99. The molecule has 19 heavy (non-hydrogen) atoms. The summed E-state index contributed by atoms with van der Waals surface area (Å²) in [6.07, 6.45) is 6.12. The Kier molecular flexibility index (Phi) is 3.96. The molecule has 0 unspecified atom stereocenters. The summed E-state index contributed by atoms with van der Waals surface area (Å²) in [6, 6.07) is 3.91. The third kappa shape index (κ3) is 2.60. The van der Waals surface area contributed by atoms with E-state index >= 15 is 0 Å². The van der Waals surface area contributed by atoms with Gasteiger partial charge in [-0.2, -0.15) is 0 Å². The standard InChI is InChI=1S/C14H19BrN2OS/c15-12-5-4-11(19-12)13(18)17-9-8-16-10-14(17)6-2-1-3-7-14/h4-5,16H,1-3,6-10H2. The molecule has 2 fully saturated rings. The molecule has 104 valence electrons. The highest BCUT2D eigenvalue weighted by Gasteiger charge is 2.42. The lowest BCUT2D eigenvalue weighted by atomic mass is 9.79. The molecule has 1 saturated carbocycles. The van der Waals surface area contributed by atoms with E-state index in [9.17, 15) is 4.79 Å². The highest BCUT2D eigenvalue weighted by atomic mass is 79.9. The summed E-state index contributed by atoms with van der Waals surface area (Å²) < 4.78 is 1.03. The molecule has 1 amide bonds. The number of amides is 1. The number of carbonyl (C=O) groups excluding carboxylic acids is 1. The van der Waals surface area contributed by atoms with Crippen LogP contribution in [0, 0.1) is 0 Å². The molecule has 3 rings (SSSR count). The Balaban J connectivity index is 1.85. The van der Waals surface area contributed by atoms with Gasteiger partial charge >= 0.3 is 0 Å². The smallest absolute Gasteiger partial charge is 0.264 e. The van der Waals surface area contributed by atoms with Gasteiger partial charge in [-0.3, -0.25) is 4.79 Å². The van der Waals surface area contributed by atoms with Gasteiger partial charge in [-0.05, 0) is 40.9 Å². The zero-order chi connectivity index (χ0) is 13.3. The monoisotopic (exact) mass is 342 g/mol. The number of nitrogens with zero attached hydrogens (tertiary/aromatic N) is 1. The van der Waals surface area contributed by atoms with E-state index in [1.54, 1.807) is 11.3 Å². The van der Waals surface area contributed by atoms with E-state index in [0.717, 1.165) is 41.1 Å². The topological polar surface area (TPSA) is 32.3 Å². The number of thiophene rings is 1. The number of halogens is 1. The predicted octanol–water partition coefficient (Wildman–Crippen LogP) is 3.26. The fourth-order valence-electron chi connectivity index (χ4n) is 3.38. The van der Waals surface area contributed by atoms with Crippen molar-refractivity contribution in [3.05, 3.63) is 20.8 Å². The van der Waals surface area contributed by atoms with Crippen LogP contribution in [0.3, 0.4) is 0 Å². The van der Waals surface area contributed by atoms with E-state index in [2.05, 4.69) is 26.1 Å². The second-order valence-electron chi connectivity index (χ2n) is 5.52. The molecule has 1 saturated heterocycles. The molecule has 1 aromatic heterocycles. The van der Waals surface area contributed by atoms with Crippen molar-refractivity contribution in [2.45, 2.75) is 37.6 Å². The molecule has 0 aromatic carbocycles. The van der Waals surface area contributed by atoms with Crippen LogP contribution < -0.4 is 5.32 Å². The molecular formula is C14H19BrN2OS. The molecule has 1 aliphatic carbocycles. The van der Waals surface area contributed by atoms with Crippen LogP contribution in [0.4, 0.5) is 0 Å². The first-order valence-corrected chi connectivity index (χ1v) is 8.60. The normalized spacial score (nSPS) is 22.7. The van der Waals surface area contributed by atoms with Crippen molar-refractivity contribution < 1.29 is 4.79 Å². The minimum Gasteiger partial charge on any atom is -0.330 e. The summed E-state index contributed by atoms with van der Waals surface area (Å²) in [5.74, 6) is 0.221. The maximum Gasteiger partial charge on any atom is 0.264 e. The molecule has 5 heteroatoms. The number of hydrogen-bond donors (Lipinski definition) is 1. The molecule has 0 radical (unpaired) electrons. The van der Waals surface area contributed by atoms with Gasteiger partial charge in [0.1, 0.15) is 0 Å². The first kappa shape index (κ1) is 13.6. The van der Waals surface area contributed by atoms with E-state index in [0.29, 0.717) is 0 Å². The van der Waals surface area contributed by atoms with Gasteiger partial charge in [-0.15, -0.1) is 11.3 Å². The van der Waals surface area contributed by atoms with Crippen molar-refractivity contribution in [1.82, 2.24) is 10.2 Å². The number of carbonyl (C=O) groups is 1. The third-order valence-electron chi connectivity index (χ3n) is 4.35. The quantitative estimate of drug-likeness (QED) is 0.849. The summed E-state index contributed by atoms with van der Waals surface area (Å²) in [6.45, 7) is 2.72. The van der Waals surface area contributed by atoms with E-state index in [1.165, 1.54) is 19.3 Å². The molecule has 1 aliphatic heterocycles. The van der Waals surface area contributed by atoms with Crippen LogP contribution in [-0.2, 0) is 0 Å². The zero-order valence-electron chi connectivity index (χ0n) is 11.0. The molecule has 1 aromatic rings. The van der Waals surface area contributed by atoms with E-state index in [1.807, 2.05) is 12.1 Å². The van der Waals surface area contributed by atoms with Gasteiger partial charge in [-0.25, -0.2) is 0 Å². The highest BCUT2D eigenvalue weighted by Crippen LogP contribution is 2.36. The highest BCUT2D eigenvalue weighted by molar-refractivity contribution is 9.11. The van der Waals surface area contributed by atoms with Crippen molar-refractivity contribution in [2.75, 3.05) is 19.6 Å². The van der Waals surface area contributed by atoms with Gasteiger partial charge in [0, 0.05) is 19.6 Å². The Labute approximate surface area is 126 Å². The van der Waals surface area contributed by atoms with Crippen LogP contribution in [0.1, 0.15) is 41.8 Å². The molecule has 0 bridgehead atoms. The first-order valence-electron chi connectivity index (χ1n) is 6.99. The van der Waals surface area contributed by atoms with Crippen LogP contribution >= 0.6 is 27.3 Å². The van der Waals surface area contributed by atoms with Crippen molar-refractivity contribution in [1.29, 1.82) is 0 Å². The molecule has 1 spiro atoms. The van der Waals surface area contributed by atoms with Crippen molar-refractivity contribution in [2.24, 2.45) is 0 Å². The van der Waals surface area contributed by atoms with Crippen LogP contribution in [0.2, 0.25) is 0 Å². The van der Waals surface area contributed by atoms with Gasteiger partial charge < -0.3 is 10.2 Å². The number of hydrogen-bond acceptors (Lipinski definition) is 3. The molecule has 0 atom stereocenters. The van der Waals surface area contributed by atoms with Crippen molar-refractivity contribution in [3.8, 4) is 0 Å². The molecule has 3 nitrogen and oxygen atoms in total. The Morgan fingerprint density at radius 2 is 2.11 bits per heavy atom. The molecule has 2 aliphatic rings. The second-order valence-corrected chi connectivity index (χ2v) is 7.99. The summed E-state index contributed by atoms with van der Waals surface area (Å²) in [7, 11) is 0. The Bertz CT molecular complexity index is 460. The maximum absolute atomic E-state index is 12.8. The Hall–Kier alpha value is -0.390. The lowest BCUT2D eigenvalue weighted by Gasteiger charge is -2.49. The largest absolute Gasteiger partial charge is 0.330 e. The summed E-state index contributed by atoms with van der Waals surface area (Å²) in [5.41, 5.74) is 0.0735. The average Bonchev–Trinajstić information content (AvgIpc) is 2.86. The number of rotatable bonds is 1. The maximum atomic E-state index is 12.8. The van der Waals surface area contributed by atoms with Crippen molar-refractivity contribution >= 4 is 33.2 Å². The minimum absolute atomic E-state index is 0.0735. The van der Waals surface area contributed by atoms with E-state index < -0.39 is 0 Å². The van der Waals surface area contributed by atoms with Crippen molar-refractivity contribution in [3.63, 3.8) is 0 Å². The van der Waals surface area contributed by atoms with E-state index in [-0.39, 0.29) is 11.4 Å². The van der Waals surface area contributed by atoms with Crippen LogP contribution in [-0.4, -0.2) is 36.0 Å². The molecular weight excluding hydrogens is 324 g/mol. The lowest BCUT2D eigenvalue weighted by molar-refractivity contribution is 0.0227. The summed E-state index contributed by atoms with van der Waals surface area (Å²) in [4.78, 5) is 15.8. The van der Waals surface area contributed by atoms with E-state index in [4.69, 9.17) is 0 Å². The SMILES string of the molecule is O=C(c1ccc(Br)s1)N1CCNCC12CCCCC2. The van der Waals surface area contributed by atoms with Gasteiger partial charge in [0.2, 0.25) is 0 Å². The first-order chi connectivity index (χ1) is 9.21. The second kappa shape index (κ2) is 5.54. The van der Waals surface area contributed by atoms with Crippen LogP contribution in [0.15, 0.2) is 15.9 Å². The minimum atomic E-state index is 0.0735. The van der Waals surface area contributed by atoms with Crippen LogP contribution in [0.25, 0.3) is 0 Å². The number of piperazine rings is 1. The van der Waals surface area contributed by atoms with Gasteiger partial charge in [0.05, 0.1) is 14.2 Å². The number of nitrogens with one attached hydrogen (secondary N) is 1. The summed E-state index contributed by atoms with van der Waals surface area (Å²) in [5, 5.41) is 3.49. The van der Waals surface area contributed by atoms with Gasteiger partial charge in [0.25, 0.3) is 5.91 Å². The fraction of sp³-hybridized carbons (Fsp3) is 0.643. The van der Waals surface area contributed by atoms with Gasteiger partial charge in [0.15, 0.2) is 0 Å². The zero-order valence-corrected chi connectivity index (χ0v) is 13.4. The van der Waals surface area contributed by atoms with Crippen LogP contribution in [0.5, 0.6) is 0 Å².